The van der Waals surface area contributed by atoms with Crippen LogP contribution in [0.4, 0.5) is 0 Å². The quantitative estimate of drug-likeness (QED) is 0.798. The highest BCUT2D eigenvalue weighted by atomic mass is 32.2. The second-order valence-electron chi connectivity index (χ2n) is 7.12. The Balaban J connectivity index is 1.43. The van der Waals surface area contributed by atoms with Crippen LogP contribution in [0.25, 0.3) is 0 Å². The van der Waals surface area contributed by atoms with Crippen LogP contribution >= 0.6 is 0 Å². The number of sulfone groups is 1. The summed E-state index contributed by atoms with van der Waals surface area (Å²) in [7, 11) is -3.45. The summed E-state index contributed by atoms with van der Waals surface area (Å²) in [6, 6.07) is 8.37. The van der Waals surface area contributed by atoms with Crippen LogP contribution in [0.5, 0.6) is 0 Å². The number of benzene rings is 1. The second-order valence-corrected chi connectivity index (χ2v) is 9.23. The van der Waals surface area contributed by atoms with Gasteiger partial charge in [-0.1, -0.05) is 18.2 Å². The molecule has 0 saturated heterocycles. The molecule has 2 aromatic rings. The molecular formula is C18H22N4O3S. The van der Waals surface area contributed by atoms with E-state index in [0.717, 1.165) is 24.5 Å². The van der Waals surface area contributed by atoms with Crippen molar-refractivity contribution in [3.8, 4) is 0 Å². The topological polar surface area (TPSA) is 85.2 Å². The number of carbonyl (C=O) groups is 1. The molecule has 26 heavy (non-hydrogen) atoms. The lowest BCUT2D eigenvalue weighted by molar-refractivity contribution is -0.132. The first-order valence-corrected chi connectivity index (χ1v) is 10.6. The van der Waals surface area contributed by atoms with Gasteiger partial charge in [-0.3, -0.25) is 4.79 Å². The number of carbonyl (C=O) groups excluding carboxylic acids is 1. The van der Waals surface area contributed by atoms with Crippen LogP contribution in [0.2, 0.25) is 0 Å². The fourth-order valence-corrected chi connectivity index (χ4v) is 4.75. The largest absolute Gasteiger partial charge is 0.333 e. The van der Waals surface area contributed by atoms with Crippen LogP contribution in [0.3, 0.4) is 0 Å². The van der Waals surface area contributed by atoms with Gasteiger partial charge in [-0.2, -0.15) is 0 Å². The van der Waals surface area contributed by atoms with Crippen LogP contribution < -0.4 is 0 Å². The highest BCUT2D eigenvalue weighted by Crippen LogP contribution is 2.41. The maximum Gasteiger partial charge on any atom is 0.224 e. The number of hydrogen-bond donors (Lipinski definition) is 0. The van der Waals surface area contributed by atoms with Gasteiger partial charge in [0.15, 0.2) is 15.7 Å². The molecule has 2 aliphatic rings. The molecule has 4 rings (SSSR count). The van der Waals surface area contributed by atoms with Gasteiger partial charge >= 0.3 is 0 Å². The van der Waals surface area contributed by atoms with E-state index in [4.69, 9.17) is 0 Å². The summed E-state index contributed by atoms with van der Waals surface area (Å²) >= 11 is 0. The van der Waals surface area contributed by atoms with E-state index < -0.39 is 9.84 Å². The van der Waals surface area contributed by atoms with Crippen molar-refractivity contribution in [1.82, 2.24) is 19.7 Å². The second kappa shape index (κ2) is 6.50. The Bertz CT molecular complexity index is 919. The maximum atomic E-state index is 12.6. The Morgan fingerprint density at radius 1 is 1.19 bits per heavy atom. The van der Waals surface area contributed by atoms with Crippen molar-refractivity contribution in [3.05, 3.63) is 42.0 Å². The Kier molecular flexibility index (Phi) is 4.30. The lowest BCUT2D eigenvalue weighted by atomic mass is 10.2. The SMILES string of the molecule is C[C@H]1CN(C(=O)CCS(=O)(=O)c2ccccc2)Cc2nnc(C3CC3)n21. The molecule has 0 radical (unpaired) electrons. The van der Waals surface area contributed by atoms with Crippen molar-refractivity contribution in [2.75, 3.05) is 12.3 Å². The lowest BCUT2D eigenvalue weighted by Gasteiger charge is -2.32. The van der Waals surface area contributed by atoms with Crippen LogP contribution in [0.15, 0.2) is 35.2 Å². The first-order chi connectivity index (χ1) is 12.5. The van der Waals surface area contributed by atoms with Gasteiger partial charge in [0, 0.05) is 18.9 Å². The zero-order chi connectivity index (χ0) is 18.3. The minimum absolute atomic E-state index is 0.0203. The molecule has 1 aliphatic heterocycles. The third-order valence-electron chi connectivity index (χ3n) is 5.03. The van der Waals surface area contributed by atoms with Gasteiger partial charge in [0.05, 0.1) is 23.2 Å². The summed E-state index contributed by atoms with van der Waals surface area (Å²) in [5.41, 5.74) is 0. The fourth-order valence-electron chi connectivity index (χ4n) is 3.50. The Hall–Kier alpha value is -2.22. The third kappa shape index (κ3) is 3.25. The molecule has 1 aliphatic carbocycles. The zero-order valence-electron chi connectivity index (χ0n) is 14.7. The molecule has 1 amide bonds. The molecule has 1 aromatic carbocycles. The predicted octanol–water partition coefficient (Wildman–Crippen LogP) is 1.92. The number of nitrogens with zero attached hydrogens (tertiary/aromatic N) is 4. The van der Waals surface area contributed by atoms with E-state index in [1.54, 1.807) is 35.2 Å². The molecule has 0 N–H and O–H groups in total. The lowest BCUT2D eigenvalue weighted by Crippen LogP contribution is -2.41. The molecule has 0 unspecified atom stereocenters. The van der Waals surface area contributed by atoms with Crippen molar-refractivity contribution < 1.29 is 13.2 Å². The molecule has 1 fully saturated rings. The van der Waals surface area contributed by atoms with E-state index >= 15 is 0 Å². The smallest absolute Gasteiger partial charge is 0.224 e. The van der Waals surface area contributed by atoms with Crippen LogP contribution in [-0.4, -0.2) is 46.3 Å². The van der Waals surface area contributed by atoms with E-state index in [-0.39, 0.29) is 29.0 Å². The Morgan fingerprint density at radius 3 is 2.62 bits per heavy atom. The summed E-state index contributed by atoms with van der Waals surface area (Å²) < 4.78 is 26.9. The minimum atomic E-state index is -3.45. The average molecular weight is 374 g/mol. The molecule has 138 valence electrons. The van der Waals surface area contributed by atoms with E-state index in [1.165, 1.54) is 0 Å². The van der Waals surface area contributed by atoms with Crippen molar-refractivity contribution in [2.24, 2.45) is 0 Å². The zero-order valence-corrected chi connectivity index (χ0v) is 15.5. The highest BCUT2D eigenvalue weighted by molar-refractivity contribution is 7.91. The van der Waals surface area contributed by atoms with Gasteiger partial charge in [-0.05, 0) is 31.9 Å². The molecular weight excluding hydrogens is 352 g/mol. The van der Waals surface area contributed by atoms with Gasteiger partial charge in [-0.25, -0.2) is 8.42 Å². The monoisotopic (exact) mass is 374 g/mol. The molecule has 0 bridgehead atoms. The number of aromatic nitrogens is 3. The molecule has 0 spiro atoms. The van der Waals surface area contributed by atoms with E-state index in [2.05, 4.69) is 21.7 Å². The first-order valence-electron chi connectivity index (χ1n) is 8.95. The molecule has 7 nitrogen and oxygen atoms in total. The molecule has 1 saturated carbocycles. The van der Waals surface area contributed by atoms with Gasteiger partial charge in [-0.15, -0.1) is 10.2 Å². The van der Waals surface area contributed by atoms with E-state index in [9.17, 15) is 13.2 Å². The molecule has 1 atom stereocenters. The number of rotatable bonds is 5. The highest BCUT2D eigenvalue weighted by Gasteiger charge is 2.35. The standard InChI is InChI=1S/C18H22N4O3S/c1-13-11-21(12-16-19-20-18(22(13)16)14-7-8-14)17(23)9-10-26(24,25)15-5-3-2-4-6-15/h2-6,13-14H,7-12H2,1H3/t13-/m0/s1. The van der Waals surface area contributed by atoms with Crippen LogP contribution in [0.1, 0.15) is 49.8 Å². The summed E-state index contributed by atoms with van der Waals surface area (Å²) in [4.78, 5) is 14.5. The number of fused-ring (bicyclic) bond motifs is 1. The summed E-state index contributed by atoms with van der Waals surface area (Å²) in [6.07, 6.45) is 2.29. The average Bonchev–Trinajstić information content (AvgIpc) is 3.39. The van der Waals surface area contributed by atoms with Gasteiger partial charge in [0.25, 0.3) is 0 Å². The van der Waals surface area contributed by atoms with Crippen molar-refractivity contribution in [3.63, 3.8) is 0 Å². The normalized spacial score (nSPS) is 20.0. The first kappa shape index (κ1) is 17.2. The number of hydrogen-bond acceptors (Lipinski definition) is 5. The third-order valence-corrected chi connectivity index (χ3v) is 6.76. The Labute approximate surface area is 152 Å². The number of amides is 1. The Morgan fingerprint density at radius 2 is 1.92 bits per heavy atom. The van der Waals surface area contributed by atoms with Gasteiger partial charge in [0.1, 0.15) is 5.82 Å². The summed E-state index contributed by atoms with van der Waals surface area (Å²) in [5.74, 6) is 2.01. The maximum absolute atomic E-state index is 12.6. The van der Waals surface area contributed by atoms with Gasteiger partial charge in [0.2, 0.25) is 5.91 Å². The van der Waals surface area contributed by atoms with Crippen LogP contribution in [0, 0.1) is 0 Å². The van der Waals surface area contributed by atoms with Crippen molar-refractivity contribution >= 4 is 15.7 Å². The summed E-state index contributed by atoms with van der Waals surface area (Å²) in [5, 5.41) is 8.57. The van der Waals surface area contributed by atoms with Gasteiger partial charge < -0.3 is 9.47 Å². The van der Waals surface area contributed by atoms with Crippen molar-refractivity contribution in [1.29, 1.82) is 0 Å². The molecule has 1 aromatic heterocycles. The van der Waals surface area contributed by atoms with E-state index in [0.29, 0.717) is 19.0 Å². The van der Waals surface area contributed by atoms with Crippen LogP contribution in [-0.2, 0) is 21.2 Å². The minimum Gasteiger partial charge on any atom is -0.333 e. The molecule has 2 heterocycles. The van der Waals surface area contributed by atoms with Crippen molar-refractivity contribution in [2.45, 2.75) is 49.6 Å². The van der Waals surface area contributed by atoms with E-state index in [1.807, 2.05) is 0 Å². The summed E-state index contributed by atoms with van der Waals surface area (Å²) in [6.45, 7) is 3.02. The molecule has 8 heteroatoms. The fraction of sp³-hybridized carbons (Fsp3) is 0.500. The predicted molar refractivity (Wildman–Crippen MR) is 95.2 cm³/mol.